The Kier molecular flexibility index (Phi) is 4.55. The van der Waals surface area contributed by atoms with Crippen molar-refractivity contribution in [2.45, 2.75) is 39.3 Å². The number of fused-ring (bicyclic) bond motifs is 5. The minimum absolute atomic E-state index is 0.198. The Labute approximate surface area is 186 Å². The van der Waals surface area contributed by atoms with Gasteiger partial charge in [0.25, 0.3) is 5.91 Å². The number of urea groups is 1. The Morgan fingerprint density at radius 1 is 1.12 bits per heavy atom. The molecule has 3 aliphatic rings. The highest BCUT2D eigenvalue weighted by molar-refractivity contribution is 6.24. The van der Waals surface area contributed by atoms with Crippen molar-refractivity contribution in [1.29, 1.82) is 0 Å². The molecule has 7 nitrogen and oxygen atoms in total. The summed E-state index contributed by atoms with van der Waals surface area (Å²) in [7, 11) is 0. The summed E-state index contributed by atoms with van der Waals surface area (Å²) in [6.45, 7) is 7.78. The molecule has 2 fully saturated rings. The molecule has 0 saturated carbocycles. The van der Waals surface area contributed by atoms with Crippen molar-refractivity contribution in [3.8, 4) is 5.75 Å². The van der Waals surface area contributed by atoms with E-state index in [9.17, 15) is 14.4 Å². The van der Waals surface area contributed by atoms with Crippen LogP contribution in [-0.4, -0.2) is 41.6 Å². The van der Waals surface area contributed by atoms with E-state index in [0.29, 0.717) is 11.4 Å². The van der Waals surface area contributed by atoms with Gasteiger partial charge in [0, 0.05) is 11.5 Å². The van der Waals surface area contributed by atoms with Crippen LogP contribution >= 0.6 is 0 Å². The lowest BCUT2D eigenvalue weighted by Crippen LogP contribution is -2.51. The van der Waals surface area contributed by atoms with Crippen LogP contribution in [0.2, 0.25) is 0 Å². The Morgan fingerprint density at radius 2 is 1.81 bits per heavy atom. The van der Waals surface area contributed by atoms with Crippen LogP contribution in [0.4, 0.5) is 10.5 Å². The van der Waals surface area contributed by atoms with E-state index in [0.717, 1.165) is 16.7 Å². The highest BCUT2D eigenvalue weighted by Crippen LogP contribution is 2.58. The minimum Gasteiger partial charge on any atom is -0.493 e. The Bertz CT molecular complexity index is 1130. The smallest absolute Gasteiger partial charge is 0.332 e. The molecule has 0 bridgehead atoms. The summed E-state index contributed by atoms with van der Waals surface area (Å²) in [5, 5.41) is 0. The largest absolute Gasteiger partial charge is 0.493 e. The normalized spacial score (nSPS) is 28.2. The molecule has 0 N–H and O–H groups in total. The molecule has 2 aromatic rings. The van der Waals surface area contributed by atoms with Crippen LogP contribution in [0.5, 0.6) is 5.75 Å². The predicted molar refractivity (Wildman–Crippen MR) is 117 cm³/mol. The molecule has 3 aliphatic heterocycles. The number of amides is 3. The summed E-state index contributed by atoms with van der Waals surface area (Å²) < 4.78 is 11.4. The number of benzene rings is 2. The molecule has 0 radical (unpaired) electrons. The van der Waals surface area contributed by atoms with E-state index in [1.807, 2.05) is 44.2 Å². The average Bonchev–Trinajstić information content (AvgIpc) is 3.14. The average molecular weight is 434 g/mol. The van der Waals surface area contributed by atoms with E-state index in [4.69, 9.17) is 9.47 Å². The molecule has 3 amide bonds. The second kappa shape index (κ2) is 7.08. The molecule has 0 spiro atoms. The Hall–Kier alpha value is -3.35. The van der Waals surface area contributed by atoms with Crippen molar-refractivity contribution in [1.82, 2.24) is 4.90 Å². The molecule has 166 valence electrons. The van der Waals surface area contributed by atoms with Crippen LogP contribution in [-0.2, 0) is 14.3 Å². The molecule has 2 saturated heterocycles. The number of carbonyl (C=O) groups excluding carboxylic acids is 3. The molecule has 32 heavy (non-hydrogen) atoms. The van der Waals surface area contributed by atoms with E-state index in [-0.39, 0.29) is 19.1 Å². The van der Waals surface area contributed by atoms with Gasteiger partial charge in [-0.25, -0.2) is 9.69 Å². The van der Waals surface area contributed by atoms with Crippen molar-refractivity contribution in [3.05, 3.63) is 59.2 Å². The van der Waals surface area contributed by atoms with Gasteiger partial charge >= 0.3 is 12.0 Å². The second-order valence-corrected chi connectivity index (χ2v) is 8.97. The van der Waals surface area contributed by atoms with Crippen LogP contribution in [0, 0.1) is 25.7 Å². The first-order valence-electron chi connectivity index (χ1n) is 10.9. The molecule has 7 heteroatoms. The third-order valence-corrected chi connectivity index (χ3v) is 7.00. The standard InChI is InChI=1S/C25H26N2O5/c1-5-31-22(28)20-18-13-32-19-11-8-15(3)12-17(19)21(18)27-24(30)26(23(29)25(20,27)4)16-9-6-14(2)7-10-16/h6-12,18,20-21H,5,13H2,1-4H3. The third kappa shape index (κ3) is 2.63. The number of imide groups is 1. The van der Waals surface area contributed by atoms with E-state index >= 15 is 0 Å². The number of hydrogen-bond acceptors (Lipinski definition) is 5. The number of carbonyl (C=O) groups is 3. The number of nitrogens with zero attached hydrogens (tertiary/aromatic N) is 2. The van der Waals surface area contributed by atoms with Gasteiger partial charge < -0.3 is 14.4 Å². The van der Waals surface area contributed by atoms with E-state index < -0.39 is 35.4 Å². The third-order valence-electron chi connectivity index (χ3n) is 7.00. The SMILES string of the molecule is CCOC(=O)C1C2COc3ccc(C)cc3C2N2C(=O)N(c3ccc(C)cc3)C(=O)C12C. The Morgan fingerprint density at radius 3 is 2.50 bits per heavy atom. The molecule has 3 heterocycles. The van der Waals surface area contributed by atoms with Gasteiger partial charge in [0.05, 0.1) is 30.9 Å². The first kappa shape index (κ1) is 20.5. The fourth-order valence-corrected chi connectivity index (χ4v) is 5.54. The molecular formula is C25H26N2O5. The molecule has 2 aromatic carbocycles. The van der Waals surface area contributed by atoms with Crippen LogP contribution in [0.15, 0.2) is 42.5 Å². The maximum Gasteiger partial charge on any atom is 0.332 e. The fraction of sp³-hybridized carbons (Fsp3) is 0.400. The topological polar surface area (TPSA) is 76.2 Å². The van der Waals surface area contributed by atoms with Gasteiger partial charge in [0.2, 0.25) is 0 Å². The Balaban J connectivity index is 1.69. The fourth-order valence-electron chi connectivity index (χ4n) is 5.54. The summed E-state index contributed by atoms with van der Waals surface area (Å²) in [5.41, 5.74) is 2.00. The van der Waals surface area contributed by atoms with Gasteiger partial charge in [-0.3, -0.25) is 9.59 Å². The van der Waals surface area contributed by atoms with Crippen molar-refractivity contribution >= 4 is 23.6 Å². The van der Waals surface area contributed by atoms with Crippen LogP contribution in [0.3, 0.4) is 0 Å². The summed E-state index contributed by atoms with van der Waals surface area (Å²) >= 11 is 0. The number of aryl methyl sites for hydroxylation is 2. The highest BCUT2D eigenvalue weighted by Gasteiger charge is 2.72. The number of anilines is 1. The monoisotopic (exact) mass is 434 g/mol. The highest BCUT2D eigenvalue weighted by atomic mass is 16.5. The number of rotatable bonds is 3. The van der Waals surface area contributed by atoms with Gasteiger partial charge in [-0.15, -0.1) is 0 Å². The lowest BCUT2D eigenvalue weighted by atomic mass is 9.77. The number of esters is 1. The van der Waals surface area contributed by atoms with E-state index in [1.165, 1.54) is 4.90 Å². The zero-order valence-corrected chi connectivity index (χ0v) is 18.6. The zero-order valence-electron chi connectivity index (χ0n) is 18.6. The molecular weight excluding hydrogens is 408 g/mol. The van der Waals surface area contributed by atoms with Crippen molar-refractivity contribution < 1.29 is 23.9 Å². The summed E-state index contributed by atoms with van der Waals surface area (Å²) in [4.78, 5) is 43.6. The summed E-state index contributed by atoms with van der Waals surface area (Å²) in [6.07, 6.45) is 0. The quantitative estimate of drug-likeness (QED) is 0.543. The van der Waals surface area contributed by atoms with Gasteiger partial charge in [0.1, 0.15) is 11.3 Å². The molecule has 4 atom stereocenters. The van der Waals surface area contributed by atoms with E-state index in [1.54, 1.807) is 30.9 Å². The lowest BCUT2D eigenvalue weighted by Gasteiger charge is -2.34. The molecule has 4 unspecified atom stereocenters. The van der Waals surface area contributed by atoms with Crippen LogP contribution in [0.25, 0.3) is 0 Å². The van der Waals surface area contributed by atoms with Crippen LogP contribution < -0.4 is 9.64 Å². The first-order valence-corrected chi connectivity index (χ1v) is 10.9. The lowest BCUT2D eigenvalue weighted by molar-refractivity contribution is -0.154. The number of hydrogen-bond donors (Lipinski definition) is 0. The van der Waals surface area contributed by atoms with E-state index in [2.05, 4.69) is 0 Å². The molecule has 0 aliphatic carbocycles. The minimum atomic E-state index is -1.36. The summed E-state index contributed by atoms with van der Waals surface area (Å²) in [5.74, 6) is -1.40. The predicted octanol–water partition coefficient (Wildman–Crippen LogP) is 3.77. The van der Waals surface area contributed by atoms with Crippen molar-refractivity contribution in [3.63, 3.8) is 0 Å². The number of ether oxygens (including phenoxy) is 2. The molecule has 0 aromatic heterocycles. The molecule has 5 rings (SSSR count). The maximum absolute atomic E-state index is 13.9. The maximum atomic E-state index is 13.9. The van der Waals surface area contributed by atoms with Crippen LogP contribution in [0.1, 0.15) is 36.6 Å². The zero-order chi connectivity index (χ0) is 22.8. The first-order chi connectivity index (χ1) is 15.3. The van der Waals surface area contributed by atoms with Gasteiger partial charge in [-0.05, 0) is 45.9 Å². The van der Waals surface area contributed by atoms with Gasteiger partial charge in [-0.1, -0.05) is 35.4 Å². The van der Waals surface area contributed by atoms with Crippen molar-refractivity contribution in [2.75, 3.05) is 18.1 Å². The van der Waals surface area contributed by atoms with Gasteiger partial charge in [0.15, 0.2) is 0 Å². The summed E-state index contributed by atoms with van der Waals surface area (Å²) in [6, 6.07) is 12.2. The van der Waals surface area contributed by atoms with Crippen molar-refractivity contribution in [2.24, 2.45) is 11.8 Å². The second-order valence-electron chi connectivity index (χ2n) is 8.97. The van der Waals surface area contributed by atoms with Gasteiger partial charge in [-0.2, -0.15) is 0 Å².